The zero-order valence-electron chi connectivity index (χ0n) is 18.0. The van der Waals surface area contributed by atoms with Crippen LogP contribution >= 0.6 is 23.2 Å². The number of nitrogens with one attached hydrogen (secondary N) is 2. The van der Waals surface area contributed by atoms with Gasteiger partial charge in [0.2, 0.25) is 0 Å². The second-order valence-electron chi connectivity index (χ2n) is 8.04. The third-order valence-electron chi connectivity index (χ3n) is 5.64. The van der Waals surface area contributed by atoms with E-state index in [2.05, 4.69) is 9.44 Å². The topological polar surface area (TPSA) is 92.3 Å². The lowest BCUT2D eigenvalue weighted by molar-refractivity contribution is 0.599. The van der Waals surface area contributed by atoms with Gasteiger partial charge in [0.1, 0.15) is 0 Å². The molecule has 0 spiro atoms. The molecule has 0 aromatic heterocycles. The second-order valence-corrected chi connectivity index (χ2v) is 12.3. The fourth-order valence-electron chi connectivity index (χ4n) is 3.96. The molecule has 0 unspecified atom stereocenters. The monoisotopic (exact) mass is 544 g/mol. The molecule has 0 bridgehead atoms. The van der Waals surface area contributed by atoms with E-state index in [9.17, 15) is 16.8 Å². The van der Waals surface area contributed by atoms with Crippen molar-refractivity contribution in [3.8, 4) is 11.1 Å². The van der Waals surface area contributed by atoms with Crippen LogP contribution in [-0.2, 0) is 26.5 Å². The Morgan fingerprint density at radius 2 is 0.914 bits per heavy atom. The number of rotatable bonds is 6. The number of anilines is 2. The molecule has 0 amide bonds. The Balaban J connectivity index is 1.40. The maximum Gasteiger partial charge on any atom is 0.261 e. The minimum Gasteiger partial charge on any atom is -0.280 e. The fourth-order valence-corrected chi connectivity index (χ4v) is 6.43. The highest BCUT2D eigenvalue weighted by molar-refractivity contribution is 7.93. The van der Waals surface area contributed by atoms with Crippen LogP contribution in [0.3, 0.4) is 0 Å². The maximum absolute atomic E-state index is 12.9. The molecule has 178 valence electrons. The van der Waals surface area contributed by atoms with Crippen LogP contribution in [0, 0.1) is 0 Å². The zero-order valence-corrected chi connectivity index (χ0v) is 21.1. The summed E-state index contributed by atoms with van der Waals surface area (Å²) in [6, 6.07) is 22.6. The minimum absolute atomic E-state index is 0.122. The van der Waals surface area contributed by atoms with E-state index in [1.54, 1.807) is 84.9 Å². The summed E-state index contributed by atoms with van der Waals surface area (Å²) < 4.78 is 56.7. The number of hydrogen-bond donors (Lipinski definition) is 2. The van der Waals surface area contributed by atoms with Crippen LogP contribution in [-0.4, -0.2) is 16.8 Å². The van der Waals surface area contributed by atoms with E-state index in [4.69, 9.17) is 23.2 Å². The lowest BCUT2D eigenvalue weighted by Gasteiger charge is -2.10. The molecule has 5 rings (SSSR count). The van der Waals surface area contributed by atoms with Crippen molar-refractivity contribution in [2.45, 2.75) is 16.2 Å². The molecule has 35 heavy (non-hydrogen) atoms. The summed E-state index contributed by atoms with van der Waals surface area (Å²) in [4.78, 5) is 0.243. The van der Waals surface area contributed by atoms with Crippen LogP contribution in [0.25, 0.3) is 11.1 Å². The Labute approximate surface area is 213 Å². The van der Waals surface area contributed by atoms with E-state index in [-0.39, 0.29) is 9.79 Å². The van der Waals surface area contributed by atoms with E-state index < -0.39 is 20.0 Å². The fraction of sp³-hybridized carbons (Fsp3) is 0.0400. The molecule has 2 N–H and O–H groups in total. The average Bonchev–Trinajstić information content (AvgIpc) is 3.19. The zero-order chi connectivity index (χ0) is 24.8. The van der Waals surface area contributed by atoms with E-state index in [0.29, 0.717) is 27.8 Å². The number of fused-ring (bicyclic) bond motifs is 3. The lowest BCUT2D eigenvalue weighted by Crippen LogP contribution is -2.13. The second kappa shape index (κ2) is 8.87. The summed E-state index contributed by atoms with van der Waals surface area (Å²) in [7, 11) is -7.63. The molecule has 1 aliphatic rings. The van der Waals surface area contributed by atoms with Crippen molar-refractivity contribution in [1.29, 1.82) is 0 Å². The van der Waals surface area contributed by atoms with Crippen LogP contribution in [0.5, 0.6) is 0 Å². The molecule has 4 aromatic carbocycles. The third kappa shape index (κ3) is 4.88. The Morgan fingerprint density at radius 3 is 1.29 bits per heavy atom. The largest absolute Gasteiger partial charge is 0.280 e. The van der Waals surface area contributed by atoms with Gasteiger partial charge in [-0.3, -0.25) is 9.44 Å². The molecule has 0 fully saturated rings. The SMILES string of the molecule is O=S(=O)(Nc1ccc(Cl)cc1)c1ccc2c(c1)Cc1cc(S(=O)(=O)Nc3ccc(Cl)cc3)ccc1-2. The molecule has 10 heteroatoms. The number of benzene rings is 4. The van der Waals surface area contributed by atoms with E-state index >= 15 is 0 Å². The molecule has 0 saturated carbocycles. The first kappa shape index (κ1) is 23.7. The van der Waals surface area contributed by atoms with Gasteiger partial charge in [-0.15, -0.1) is 0 Å². The van der Waals surface area contributed by atoms with Gasteiger partial charge in [0.05, 0.1) is 9.79 Å². The van der Waals surface area contributed by atoms with Crippen LogP contribution in [0.4, 0.5) is 11.4 Å². The van der Waals surface area contributed by atoms with Crippen LogP contribution in [0.1, 0.15) is 11.1 Å². The standard InChI is InChI=1S/C25H18Cl2N2O4S2/c26-18-1-5-20(6-2-18)28-34(30,31)22-9-11-24-16(14-22)13-17-15-23(10-12-25(17)24)35(32,33)29-21-7-3-19(27)4-8-21/h1-12,14-15,28-29H,13H2. The van der Waals surface area contributed by atoms with Gasteiger partial charge in [-0.2, -0.15) is 0 Å². The van der Waals surface area contributed by atoms with Crippen LogP contribution in [0.2, 0.25) is 10.0 Å². The molecule has 1 aliphatic carbocycles. The average molecular weight is 545 g/mol. The van der Waals surface area contributed by atoms with Gasteiger partial charge in [-0.25, -0.2) is 16.8 Å². The number of sulfonamides is 2. The smallest absolute Gasteiger partial charge is 0.261 e. The Hall–Kier alpha value is -3.04. The van der Waals surface area contributed by atoms with Gasteiger partial charge in [0.15, 0.2) is 0 Å². The van der Waals surface area contributed by atoms with Crippen molar-refractivity contribution in [2.24, 2.45) is 0 Å². The van der Waals surface area contributed by atoms with Gasteiger partial charge < -0.3 is 0 Å². The maximum atomic E-state index is 12.9. The molecule has 0 radical (unpaired) electrons. The Kier molecular flexibility index (Phi) is 6.01. The van der Waals surface area contributed by atoms with Crippen molar-refractivity contribution in [2.75, 3.05) is 9.44 Å². The normalized spacial score (nSPS) is 12.6. The van der Waals surface area contributed by atoms with Gasteiger partial charge in [-0.05, 0) is 101 Å². The van der Waals surface area contributed by atoms with Crippen LogP contribution in [0.15, 0.2) is 94.7 Å². The molecular formula is C25H18Cl2N2O4S2. The molecule has 0 saturated heterocycles. The first-order valence-electron chi connectivity index (χ1n) is 10.4. The van der Waals surface area contributed by atoms with Crippen molar-refractivity contribution in [3.63, 3.8) is 0 Å². The lowest BCUT2D eigenvalue weighted by atomic mass is 10.1. The predicted molar refractivity (Wildman–Crippen MR) is 139 cm³/mol. The number of hydrogen-bond acceptors (Lipinski definition) is 4. The van der Waals surface area contributed by atoms with Crippen molar-refractivity contribution < 1.29 is 16.8 Å². The first-order valence-corrected chi connectivity index (χ1v) is 14.2. The first-order chi connectivity index (χ1) is 16.6. The van der Waals surface area contributed by atoms with Gasteiger partial charge >= 0.3 is 0 Å². The third-order valence-corrected chi connectivity index (χ3v) is 8.90. The minimum atomic E-state index is -3.81. The predicted octanol–water partition coefficient (Wildman–Crippen LogP) is 6.17. The molecule has 6 nitrogen and oxygen atoms in total. The van der Waals surface area contributed by atoms with Crippen molar-refractivity contribution in [1.82, 2.24) is 0 Å². The van der Waals surface area contributed by atoms with Crippen molar-refractivity contribution in [3.05, 3.63) is 106 Å². The summed E-state index contributed by atoms with van der Waals surface area (Å²) >= 11 is 11.7. The molecule has 4 aromatic rings. The molecular weight excluding hydrogens is 527 g/mol. The van der Waals surface area contributed by atoms with Gasteiger partial charge in [0, 0.05) is 21.4 Å². The van der Waals surface area contributed by atoms with Crippen LogP contribution < -0.4 is 9.44 Å². The summed E-state index contributed by atoms with van der Waals surface area (Å²) in [5.41, 5.74) is 4.17. The molecule has 0 heterocycles. The van der Waals surface area contributed by atoms with E-state index in [0.717, 1.165) is 22.3 Å². The highest BCUT2D eigenvalue weighted by Crippen LogP contribution is 2.39. The summed E-state index contributed by atoms with van der Waals surface area (Å²) in [6.07, 6.45) is 0.416. The highest BCUT2D eigenvalue weighted by atomic mass is 35.5. The summed E-state index contributed by atoms with van der Waals surface area (Å²) in [6.45, 7) is 0. The summed E-state index contributed by atoms with van der Waals surface area (Å²) in [5.74, 6) is 0. The van der Waals surface area contributed by atoms with Crippen molar-refractivity contribution >= 4 is 54.6 Å². The summed E-state index contributed by atoms with van der Waals surface area (Å²) in [5, 5.41) is 1.01. The Morgan fingerprint density at radius 1 is 0.543 bits per heavy atom. The Bertz CT molecular complexity index is 1530. The van der Waals surface area contributed by atoms with E-state index in [1.807, 2.05) is 0 Å². The quantitative estimate of drug-likeness (QED) is 0.267. The molecule has 0 atom stereocenters. The molecule has 0 aliphatic heterocycles. The number of halogens is 2. The van der Waals surface area contributed by atoms with Gasteiger partial charge in [-0.1, -0.05) is 35.3 Å². The van der Waals surface area contributed by atoms with E-state index in [1.165, 1.54) is 0 Å². The van der Waals surface area contributed by atoms with Gasteiger partial charge in [0.25, 0.3) is 20.0 Å². The highest BCUT2D eigenvalue weighted by Gasteiger charge is 2.25.